The van der Waals surface area contributed by atoms with Gasteiger partial charge in [-0.25, -0.2) is 14.6 Å². The van der Waals surface area contributed by atoms with Gasteiger partial charge in [0.2, 0.25) is 0 Å². The largest absolute Gasteiger partial charge is 0.480 e. The molecule has 0 saturated heterocycles. The molecule has 1 atom stereocenters. The first-order chi connectivity index (χ1) is 9.16. The number of carbonyl (C=O) groups excluding carboxylic acids is 1. The number of urea groups is 1. The molecule has 0 aliphatic heterocycles. The Morgan fingerprint density at radius 3 is 2.50 bits per heavy atom. The maximum atomic E-state index is 12.0. The van der Waals surface area contributed by atoms with Crippen molar-refractivity contribution in [2.75, 3.05) is 12.4 Å². The molecule has 7 heteroatoms. The zero-order valence-corrected chi connectivity index (χ0v) is 13.2. The standard InChI is InChI=1S/C13H21N3O3S/c1-6-8(10(17)18)16(5)12(19)15-11-14-9(7-20-11)13(2,3)4/h7-8H,6H2,1-5H3,(H,17,18)(H,14,15,19). The van der Waals surface area contributed by atoms with Crippen molar-refractivity contribution in [3.63, 3.8) is 0 Å². The molecule has 1 unspecified atom stereocenters. The Labute approximate surface area is 122 Å². The van der Waals surface area contributed by atoms with Gasteiger partial charge in [-0.1, -0.05) is 27.7 Å². The van der Waals surface area contributed by atoms with E-state index in [2.05, 4.69) is 10.3 Å². The Hall–Kier alpha value is -1.63. The second-order valence-corrected chi connectivity index (χ2v) is 6.45. The first-order valence-corrected chi connectivity index (χ1v) is 7.27. The van der Waals surface area contributed by atoms with Gasteiger partial charge in [-0.3, -0.25) is 5.32 Å². The zero-order valence-electron chi connectivity index (χ0n) is 12.4. The molecule has 0 saturated carbocycles. The lowest BCUT2D eigenvalue weighted by Crippen LogP contribution is -2.44. The number of nitrogens with zero attached hydrogens (tertiary/aromatic N) is 2. The predicted octanol–water partition coefficient (Wildman–Crippen LogP) is 2.77. The van der Waals surface area contributed by atoms with Crippen LogP contribution in [0, 0.1) is 0 Å². The van der Waals surface area contributed by atoms with Gasteiger partial charge in [0.25, 0.3) is 0 Å². The number of carbonyl (C=O) groups is 2. The minimum absolute atomic E-state index is 0.0849. The normalized spacial score (nSPS) is 12.8. The van der Waals surface area contributed by atoms with Crippen molar-refractivity contribution in [3.05, 3.63) is 11.1 Å². The van der Waals surface area contributed by atoms with Crippen LogP contribution in [0.3, 0.4) is 0 Å². The molecule has 1 heterocycles. The van der Waals surface area contributed by atoms with Crippen LogP contribution < -0.4 is 5.32 Å². The number of thiazole rings is 1. The molecule has 0 bridgehead atoms. The summed E-state index contributed by atoms with van der Waals surface area (Å²) >= 11 is 1.33. The van der Waals surface area contributed by atoms with E-state index in [1.165, 1.54) is 23.3 Å². The number of aromatic nitrogens is 1. The number of aliphatic carboxylic acids is 1. The highest BCUT2D eigenvalue weighted by Crippen LogP contribution is 2.26. The van der Waals surface area contributed by atoms with Gasteiger partial charge in [0, 0.05) is 17.8 Å². The van der Waals surface area contributed by atoms with Crippen molar-refractivity contribution >= 4 is 28.5 Å². The minimum Gasteiger partial charge on any atom is -0.480 e. The number of hydrogen-bond donors (Lipinski definition) is 2. The number of hydrogen-bond acceptors (Lipinski definition) is 4. The van der Waals surface area contributed by atoms with Crippen LogP contribution in [0.4, 0.5) is 9.93 Å². The molecular formula is C13H21N3O3S. The third-order valence-corrected chi connectivity index (χ3v) is 3.70. The first kappa shape index (κ1) is 16.4. The van der Waals surface area contributed by atoms with Crippen molar-refractivity contribution in [1.82, 2.24) is 9.88 Å². The van der Waals surface area contributed by atoms with Gasteiger partial charge in [0.05, 0.1) is 5.69 Å². The summed E-state index contributed by atoms with van der Waals surface area (Å²) in [7, 11) is 1.47. The number of carboxylic acid groups (broad SMARTS) is 1. The highest BCUT2D eigenvalue weighted by atomic mass is 32.1. The lowest BCUT2D eigenvalue weighted by Gasteiger charge is -2.23. The molecule has 2 N–H and O–H groups in total. The lowest BCUT2D eigenvalue weighted by atomic mass is 9.93. The van der Waals surface area contributed by atoms with E-state index in [4.69, 9.17) is 5.11 Å². The minimum atomic E-state index is -1.01. The molecule has 0 aliphatic carbocycles. The van der Waals surface area contributed by atoms with E-state index < -0.39 is 18.0 Å². The zero-order chi connectivity index (χ0) is 15.5. The van der Waals surface area contributed by atoms with Crippen LogP contribution in [0.15, 0.2) is 5.38 Å². The van der Waals surface area contributed by atoms with Crippen LogP contribution >= 0.6 is 11.3 Å². The average Bonchev–Trinajstić information content (AvgIpc) is 2.77. The van der Waals surface area contributed by atoms with Gasteiger partial charge in [0.1, 0.15) is 6.04 Å². The summed E-state index contributed by atoms with van der Waals surface area (Å²) in [5, 5.41) is 14.0. The van der Waals surface area contributed by atoms with E-state index in [0.717, 1.165) is 5.69 Å². The third kappa shape index (κ3) is 3.93. The van der Waals surface area contributed by atoms with Crippen LogP contribution in [0.1, 0.15) is 39.8 Å². The van der Waals surface area contributed by atoms with Crippen molar-refractivity contribution in [2.45, 2.75) is 45.6 Å². The fraction of sp³-hybridized carbons (Fsp3) is 0.615. The first-order valence-electron chi connectivity index (χ1n) is 6.39. The number of amides is 2. The van der Waals surface area contributed by atoms with Gasteiger partial charge in [-0.15, -0.1) is 11.3 Å². The highest BCUT2D eigenvalue weighted by molar-refractivity contribution is 7.13. The molecule has 2 amide bonds. The molecule has 0 fully saturated rings. The number of carboxylic acids is 1. The smallest absolute Gasteiger partial charge is 0.326 e. The van der Waals surface area contributed by atoms with E-state index >= 15 is 0 Å². The van der Waals surface area contributed by atoms with E-state index in [9.17, 15) is 9.59 Å². The summed E-state index contributed by atoms with van der Waals surface area (Å²) in [6, 6.07) is -1.30. The summed E-state index contributed by atoms with van der Waals surface area (Å²) < 4.78 is 0. The third-order valence-electron chi connectivity index (χ3n) is 2.95. The van der Waals surface area contributed by atoms with Crippen molar-refractivity contribution in [2.24, 2.45) is 0 Å². The van der Waals surface area contributed by atoms with Crippen LogP contribution in [-0.2, 0) is 10.2 Å². The number of likely N-dealkylation sites (N-methyl/N-ethyl adjacent to an activating group) is 1. The molecule has 1 aromatic rings. The van der Waals surface area contributed by atoms with Gasteiger partial charge >= 0.3 is 12.0 Å². The summed E-state index contributed by atoms with van der Waals surface area (Å²) in [4.78, 5) is 28.6. The quantitative estimate of drug-likeness (QED) is 0.895. The van der Waals surface area contributed by atoms with Gasteiger partial charge in [-0.05, 0) is 6.42 Å². The average molecular weight is 299 g/mol. The van der Waals surface area contributed by atoms with E-state index in [-0.39, 0.29) is 5.41 Å². The highest BCUT2D eigenvalue weighted by Gasteiger charge is 2.25. The fourth-order valence-corrected chi connectivity index (χ4v) is 2.54. The van der Waals surface area contributed by atoms with E-state index in [0.29, 0.717) is 11.6 Å². The van der Waals surface area contributed by atoms with Crippen LogP contribution in [0.2, 0.25) is 0 Å². The Morgan fingerprint density at radius 2 is 2.10 bits per heavy atom. The van der Waals surface area contributed by atoms with Crippen LogP contribution in [0.5, 0.6) is 0 Å². The molecule has 20 heavy (non-hydrogen) atoms. The van der Waals surface area contributed by atoms with Crippen LogP contribution in [0.25, 0.3) is 0 Å². The maximum absolute atomic E-state index is 12.0. The topological polar surface area (TPSA) is 82.5 Å². The Kier molecular flexibility index (Phi) is 5.10. The molecule has 0 aromatic carbocycles. The van der Waals surface area contributed by atoms with E-state index in [1.807, 2.05) is 26.2 Å². The fourth-order valence-electron chi connectivity index (χ4n) is 1.61. The molecule has 6 nitrogen and oxygen atoms in total. The molecule has 1 aromatic heterocycles. The Morgan fingerprint density at radius 1 is 1.50 bits per heavy atom. The van der Waals surface area contributed by atoms with Crippen molar-refractivity contribution in [1.29, 1.82) is 0 Å². The maximum Gasteiger partial charge on any atom is 0.326 e. The van der Waals surface area contributed by atoms with E-state index in [1.54, 1.807) is 6.92 Å². The lowest BCUT2D eigenvalue weighted by molar-refractivity contribution is -0.141. The molecule has 0 spiro atoms. The second kappa shape index (κ2) is 6.21. The Balaban J connectivity index is 2.76. The summed E-state index contributed by atoms with van der Waals surface area (Å²) in [6.45, 7) is 7.84. The number of rotatable bonds is 4. The summed E-state index contributed by atoms with van der Waals surface area (Å²) in [6.07, 6.45) is 0.352. The summed E-state index contributed by atoms with van der Waals surface area (Å²) in [5.74, 6) is -1.01. The number of nitrogens with one attached hydrogen (secondary N) is 1. The van der Waals surface area contributed by atoms with Crippen LogP contribution in [-0.4, -0.2) is 40.1 Å². The molecule has 112 valence electrons. The predicted molar refractivity (Wildman–Crippen MR) is 79.3 cm³/mol. The SMILES string of the molecule is CCC(C(=O)O)N(C)C(=O)Nc1nc(C(C)(C)C)cs1. The Bertz CT molecular complexity index is 493. The summed E-state index contributed by atoms with van der Waals surface area (Å²) in [5.41, 5.74) is 0.809. The molecule has 1 rings (SSSR count). The van der Waals surface area contributed by atoms with Gasteiger partial charge in [0.15, 0.2) is 5.13 Å². The molecule has 0 aliphatic rings. The monoisotopic (exact) mass is 299 g/mol. The van der Waals surface area contributed by atoms with Gasteiger partial charge in [-0.2, -0.15) is 0 Å². The van der Waals surface area contributed by atoms with Crippen molar-refractivity contribution in [3.8, 4) is 0 Å². The second-order valence-electron chi connectivity index (χ2n) is 5.59. The van der Waals surface area contributed by atoms with Crippen molar-refractivity contribution < 1.29 is 14.7 Å². The van der Waals surface area contributed by atoms with Gasteiger partial charge < -0.3 is 10.0 Å². The number of anilines is 1. The molecule has 0 radical (unpaired) electrons. The molecular weight excluding hydrogens is 278 g/mol.